The molecule has 0 spiro atoms. The van der Waals surface area contributed by atoms with Crippen LogP contribution in [0.1, 0.15) is 34.8 Å². The highest BCUT2D eigenvalue weighted by atomic mass is 32.1. The molecule has 1 amide bonds. The lowest BCUT2D eigenvalue weighted by Crippen LogP contribution is -2.30. The van der Waals surface area contributed by atoms with Gasteiger partial charge in [0.1, 0.15) is 13.2 Å². The number of hydrogen-bond donors (Lipinski definition) is 0. The molecule has 3 heterocycles. The van der Waals surface area contributed by atoms with Crippen LogP contribution in [0.2, 0.25) is 0 Å². The first-order valence-corrected chi connectivity index (χ1v) is 9.71. The summed E-state index contributed by atoms with van der Waals surface area (Å²) in [6.07, 6.45) is 1.97. The lowest BCUT2D eigenvalue weighted by atomic mass is 10.0. The normalized spacial score (nSPS) is 19.1. The number of carbonyl (C=O) groups excluding carboxylic acids is 1. The minimum atomic E-state index is 0.0792. The van der Waals surface area contributed by atoms with Gasteiger partial charge in [0.2, 0.25) is 0 Å². The van der Waals surface area contributed by atoms with Crippen LogP contribution in [0, 0.1) is 0 Å². The molecule has 5 rings (SSSR count). The minimum Gasteiger partial charge on any atom is -0.486 e. The third kappa shape index (κ3) is 2.61. The average molecular weight is 366 g/mol. The SMILES string of the molecule is O=C(c1ccc2ncsc2c1)N1CCCC1c1ccc2c(c1)OCCO2. The summed E-state index contributed by atoms with van der Waals surface area (Å²) in [5, 5.41) is 0. The number of aromatic nitrogens is 1. The maximum atomic E-state index is 13.1. The summed E-state index contributed by atoms with van der Waals surface area (Å²) in [7, 11) is 0. The predicted octanol–water partition coefficient (Wildman–Crippen LogP) is 4.04. The number of benzene rings is 2. The van der Waals surface area contributed by atoms with Gasteiger partial charge in [0.15, 0.2) is 11.5 Å². The van der Waals surface area contributed by atoms with Crippen LogP contribution in [0.4, 0.5) is 0 Å². The average Bonchev–Trinajstić information content (AvgIpc) is 3.35. The Morgan fingerprint density at radius 1 is 1.12 bits per heavy atom. The van der Waals surface area contributed by atoms with E-state index in [4.69, 9.17) is 9.47 Å². The topological polar surface area (TPSA) is 51.7 Å². The number of ether oxygens (including phenoxy) is 2. The number of likely N-dealkylation sites (tertiary alicyclic amines) is 1. The molecule has 132 valence electrons. The van der Waals surface area contributed by atoms with E-state index in [1.165, 1.54) is 0 Å². The van der Waals surface area contributed by atoms with Crippen molar-refractivity contribution in [3.05, 3.63) is 53.0 Å². The van der Waals surface area contributed by atoms with Crippen LogP contribution in [-0.2, 0) is 0 Å². The Hall–Kier alpha value is -2.60. The van der Waals surface area contributed by atoms with E-state index in [0.717, 1.165) is 52.2 Å². The molecule has 1 saturated heterocycles. The maximum absolute atomic E-state index is 13.1. The highest BCUT2D eigenvalue weighted by Gasteiger charge is 2.31. The molecule has 5 nitrogen and oxygen atoms in total. The van der Waals surface area contributed by atoms with Gasteiger partial charge in [-0.15, -0.1) is 11.3 Å². The lowest BCUT2D eigenvalue weighted by Gasteiger charge is -2.27. The lowest BCUT2D eigenvalue weighted by molar-refractivity contribution is 0.0735. The highest BCUT2D eigenvalue weighted by Crippen LogP contribution is 2.38. The number of nitrogens with zero attached hydrogens (tertiary/aromatic N) is 2. The van der Waals surface area contributed by atoms with E-state index in [1.807, 2.05) is 40.7 Å². The Labute approximate surface area is 155 Å². The Balaban J connectivity index is 1.45. The first-order valence-electron chi connectivity index (χ1n) is 8.83. The van der Waals surface area contributed by atoms with Gasteiger partial charge in [0.05, 0.1) is 21.8 Å². The molecular weight excluding hydrogens is 348 g/mol. The first kappa shape index (κ1) is 15.6. The third-order valence-electron chi connectivity index (χ3n) is 5.04. The molecule has 26 heavy (non-hydrogen) atoms. The van der Waals surface area contributed by atoms with Crippen molar-refractivity contribution in [2.24, 2.45) is 0 Å². The summed E-state index contributed by atoms with van der Waals surface area (Å²) in [6, 6.07) is 11.9. The van der Waals surface area contributed by atoms with Gasteiger partial charge in [-0.3, -0.25) is 4.79 Å². The zero-order chi connectivity index (χ0) is 17.5. The van der Waals surface area contributed by atoms with Crippen LogP contribution in [0.15, 0.2) is 41.9 Å². The van der Waals surface area contributed by atoms with Crippen molar-refractivity contribution in [2.75, 3.05) is 19.8 Å². The fraction of sp³-hybridized carbons (Fsp3) is 0.300. The summed E-state index contributed by atoms with van der Waals surface area (Å²) >= 11 is 1.56. The van der Waals surface area contributed by atoms with E-state index < -0.39 is 0 Å². The standard InChI is InChI=1S/C20H18N2O3S/c23-20(14-3-5-15-19(11-14)26-12-21-15)22-7-1-2-16(22)13-4-6-17-18(10-13)25-9-8-24-17/h3-6,10-12,16H,1-2,7-9H2. The molecule has 0 saturated carbocycles. The third-order valence-corrected chi connectivity index (χ3v) is 5.83. The van der Waals surface area contributed by atoms with Gasteiger partial charge in [0.25, 0.3) is 5.91 Å². The smallest absolute Gasteiger partial charge is 0.254 e. The van der Waals surface area contributed by atoms with Crippen molar-refractivity contribution in [3.63, 3.8) is 0 Å². The molecule has 1 aromatic heterocycles. The minimum absolute atomic E-state index is 0.0792. The molecule has 1 unspecified atom stereocenters. The summed E-state index contributed by atoms with van der Waals surface area (Å²) in [6.45, 7) is 1.93. The van der Waals surface area contributed by atoms with Crippen molar-refractivity contribution >= 4 is 27.5 Å². The Morgan fingerprint density at radius 2 is 2.00 bits per heavy atom. The molecule has 3 aromatic rings. The Morgan fingerprint density at radius 3 is 2.92 bits per heavy atom. The quantitative estimate of drug-likeness (QED) is 0.687. The number of fused-ring (bicyclic) bond motifs is 2. The Kier molecular flexibility index (Phi) is 3.78. The molecule has 0 radical (unpaired) electrons. The highest BCUT2D eigenvalue weighted by molar-refractivity contribution is 7.16. The molecule has 0 aliphatic carbocycles. The fourth-order valence-electron chi connectivity index (χ4n) is 3.78. The van der Waals surface area contributed by atoms with Crippen molar-refractivity contribution in [1.82, 2.24) is 9.88 Å². The predicted molar refractivity (Wildman–Crippen MR) is 100 cm³/mol. The van der Waals surface area contributed by atoms with Crippen molar-refractivity contribution in [1.29, 1.82) is 0 Å². The summed E-state index contributed by atoms with van der Waals surface area (Å²) in [5.74, 6) is 1.64. The van der Waals surface area contributed by atoms with Crippen molar-refractivity contribution < 1.29 is 14.3 Å². The number of hydrogen-bond acceptors (Lipinski definition) is 5. The van der Waals surface area contributed by atoms with Crippen molar-refractivity contribution in [3.8, 4) is 11.5 Å². The molecule has 0 bridgehead atoms. The zero-order valence-electron chi connectivity index (χ0n) is 14.2. The monoisotopic (exact) mass is 366 g/mol. The van der Waals surface area contributed by atoms with E-state index in [-0.39, 0.29) is 11.9 Å². The summed E-state index contributed by atoms with van der Waals surface area (Å²) < 4.78 is 12.4. The molecule has 2 aliphatic heterocycles. The summed E-state index contributed by atoms with van der Waals surface area (Å²) in [5.41, 5.74) is 4.59. The maximum Gasteiger partial charge on any atom is 0.254 e. The molecule has 1 fully saturated rings. The van der Waals surface area contributed by atoms with Crippen LogP contribution >= 0.6 is 11.3 Å². The van der Waals surface area contributed by atoms with Gasteiger partial charge in [-0.05, 0) is 48.7 Å². The van der Waals surface area contributed by atoms with Crippen LogP contribution in [0.25, 0.3) is 10.2 Å². The number of amides is 1. The van der Waals surface area contributed by atoms with Crippen LogP contribution in [0.5, 0.6) is 11.5 Å². The van der Waals surface area contributed by atoms with Gasteiger partial charge in [-0.1, -0.05) is 6.07 Å². The van der Waals surface area contributed by atoms with Gasteiger partial charge in [-0.25, -0.2) is 4.98 Å². The fourth-order valence-corrected chi connectivity index (χ4v) is 4.49. The molecule has 6 heteroatoms. The van der Waals surface area contributed by atoms with Gasteiger partial charge in [-0.2, -0.15) is 0 Å². The van der Waals surface area contributed by atoms with Gasteiger partial charge >= 0.3 is 0 Å². The van der Waals surface area contributed by atoms with E-state index in [0.29, 0.717) is 13.2 Å². The summed E-state index contributed by atoms with van der Waals surface area (Å²) in [4.78, 5) is 19.4. The van der Waals surface area contributed by atoms with Crippen LogP contribution in [0.3, 0.4) is 0 Å². The van der Waals surface area contributed by atoms with Crippen LogP contribution in [-0.4, -0.2) is 35.5 Å². The molecule has 1 atom stereocenters. The largest absolute Gasteiger partial charge is 0.486 e. The molecular formula is C20H18N2O3S. The number of carbonyl (C=O) groups is 1. The van der Waals surface area contributed by atoms with E-state index in [2.05, 4.69) is 11.1 Å². The van der Waals surface area contributed by atoms with E-state index in [1.54, 1.807) is 11.3 Å². The van der Waals surface area contributed by atoms with E-state index in [9.17, 15) is 4.79 Å². The second-order valence-corrected chi connectivity index (χ2v) is 7.48. The zero-order valence-corrected chi connectivity index (χ0v) is 15.0. The molecule has 0 N–H and O–H groups in total. The van der Waals surface area contributed by atoms with Gasteiger partial charge < -0.3 is 14.4 Å². The second-order valence-electron chi connectivity index (χ2n) is 6.59. The Bertz CT molecular complexity index is 984. The number of rotatable bonds is 2. The van der Waals surface area contributed by atoms with Crippen LogP contribution < -0.4 is 9.47 Å². The second kappa shape index (κ2) is 6.29. The van der Waals surface area contributed by atoms with Crippen molar-refractivity contribution in [2.45, 2.75) is 18.9 Å². The number of thiazole rings is 1. The molecule has 2 aliphatic rings. The first-order chi connectivity index (χ1) is 12.8. The van der Waals surface area contributed by atoms with Gasteiger partial charge in [0, 0.05) is 12.1 Å². The molecule has 2 aromatic carbocycles. The van der Waals surface area contributed by atoms with E-state index >= 15 is 0 Å².